The second-order valence-corrected chi connectivity index (χ2v) is 10.8. The van der Waals surface area contributed by atoms with Crippen LogP contribution in [0.5, 0.6) is 0 Å². The van der Waals surface area contributed by atoms with E-state index in [2.05, 4.69) is 4.90 Å². The van der Waals surface area contributed by atoms with Gasteiger partial charge < -0.3 is 9.80 Å². The quantitative estimate of drug-likeness (QED) is 0.524. The van der Waals surface area contributed by atoms with Gasteiger partial charge in [-0.3, -0.25) is 14.5 Å². The lowest BCUT2D eigenvalue weighted by Gasteiger charge is -2.40. The molecule has 2 fully saturated rings. The van der Waals surface area contributed by atoms with Crippen molar-refractivity contribution in [1.29, 1.82) is 0 Å². The third-order valence-corrected chi connectivity index (χ3v) is 8.61. The zero-order chi connectivity index (χ0) is 23.7. The van der Waals surface area contributed by atoms with E-state index in [9.17, 15) is 9.59 Å². The number of hydrogen-bond acceptors (Lipinski definition) is 4. The first kappa shape index (κ1) is 23.5. The fourth-order valence-electron chi connectivity index (χ4n) is 5.18. The Bertz CT molecular complexity index is 1120. The van der Waals surface area contributed by atoms with Gasteiger partial charge in [-0.25, -0.2) is 0 Å². The van der Waals surface area contributed by atoms with Crippen molar-refractivity contribution < 1.29 is 9.59 Å². The van der Waals surface area contributed by atoms with Crippen LogP contribution in [0.1, 0.15) is 48.0 Å². The number of fused-ring (bicyclic) bond motifs is 1. The molecule has 5 rings (SSSR count). The van der Waals surface area contributed by atoms with Crippen LogP contribution in [0, 0.1) is 0 Å². The molecule has 2 aromatic carbocycles. The van der Waals surface area contributed by atoms with Gasteiger partial charge in [-0.2, -0.15) is 0 Å². The molecule has 0 atom stereocenters. The number of hydrogen-bond donors (Lipinski definition) is 0. The number of benzene rings is 2. The Balaban J connectivity index is 1.29. The molecule has 0 radical (unpaired) electrons. The summed E-state index contributed by atoms with van der Waals surface area (Å²) >= 11 is 7.71. The second kappa shape index (κ2) is 10.1. The van der Waals surface area contributed by atoms with Gasteiger partial charge in [0.2, 0.25) is 0 Å². The van der Waals surface area contributed by atoms with Crippen molar-refractivity contribution in [3.63, 3.8) is 0 Å². The van der Waals surface area contributed by atoms with Gasteiger partial charge >= 0.3 is 0 Å². The topological polar surface area (TPSA) is 43.9 Å². The van der Waals surface area contributed by atoms with E-state index in [1.54, 1.807) is 11.9 Å². The zero-order valence-corrected chi connectivity index (χ0v) is 21.1. The maximum atomic E-state index is 13.3. The van der Waals surface area contributed by atoms with Crippen LogP contribution in [0.15, 0.2) is 52.3 Å². The molecule has 1 saturated carbocycles. The normalized spacial score (nSPS) is 21.1. The summed E-state index contributed by atoms with van der Waals surface area (Å²) in [6.07, 6.45) is 8.45. The number of thioether (sulfide) groups is 1. The van der Waals surface area contributed by atoms with Crippen molar-refractivity contribution >= 4 is 46.9 Å². The minimum atomic E-state index is -0.0943. The summed E-state index contributed by atoms with van der Waals surface area (Å²) in [5.74, 6) is -0.0440. The molecule has 0 spiro atoms. The van der Waals surface area contributed by atoms with Crippen LogP contribution in [0.25, 0.3) is 6.08 Å². The van der Waals surface area contributed by atoms with Crippen LogP contribution in [-0.2, 0) is 4.79 Å². The van der Waals surface area contributed by atoms with E-state index in [0.717, 1.165) is 42.3 Å². The maximum absolute atomic E-state index is 13.3. The highest BCUT2D eigenvalue weighted by atomic mass is 35.5. The molecule has 5 nitrogen and oxygen atoms in total. The highest BCUT2D eigenvalue weighted by Crippen LogP contribution is 2.42. The number of piperazine rings is 1. The predicted octanol–water partition coefficient (Wildman–Crippen LogP) is 5.54. The van der Waals surface area contributed by atoms with Crippen LogP contribution in [0.4, 0.5) is 5.69 Å². The highest BCUT2D eigenvalue weighted by molar-refractivity contribution is 8.04. The van der Waals surface area contributed by atoms with Crippen molar-refractivity contribution in [2.75, 3.05) is 38.1 Å². The lowest BCUT2D eigenvalue weighted by atomic mass is 9.94. The Hall–Kier alpha value is -2.28. The largest absolute Gasteiger partial charge is 0.336 e. The predicted molar refractivity (Wildman–Crippen MR) is 139 cm³/mol. The molecule has 1 aliphatic carbocycles. The van der Waals surface area contributed by atoms with E-state index >= 15 is 0 Å². The third-order valence-electron chi connectivity index (χ3n) is 7.19. The summed E-state index contributed by atoms with van der Waals surface area (Å²) in [4.78, 5) is 34.1. The van der Waals surface area contributed by atoms with E-state index in [4.69, 9.17) is 11.6 Å². The van der Waals surface area contributed by atoms with Gasteiger partial charge in [-0.1, -0.05) is 60.8 Å². The monoisotopic (exact) mass is 495 g/mol. The van der Waals surface area contributed by atoms with Gasteiger partial charge in [-0.05, 0) is 48.7 Å². The second-order valence-electron chi connectivity index (χ2n) is 9.30. The fourth-order valence-corrected chi connectivity index (χ4v) is 6.45. The summed E-state index contributed by atoms with van der Waals surface area (Å²) in [7, 11) is 1.76. The summed E-state index contributed by atoms with van der Waals surface area (Å²) in [6, 6.07) is 13.9. The summed E-state index contributed by atoms with van der Waals surface area (Å²) in [5, 5.41) is 0.612. The van der Waals surface area contributed by atoms with Gasteiger partial charge in [0, 0.05) is 54.8 Å². The van der Waals surface area contributed by atoms with E-state index in [1.165, 1.54) is 43.9 Å². The zero-order valence-electron chi connectivity index (χ0n) is 19.5. The highest BCUT2D eigenvalue weighted by Gasteiger charge is 2.30. The van der Waals surface area contributed by atoms with E-state index in [0.29, 0.717) is 21.5 Å². The summed E-state index contributed by atoms with van der Waals surface area (Å²) in [5.41, 5.74) is 2.23. The minimum absolute atomic E-state index is 0.0503. The third kappa shape index (κ3) is 4.77. The van der Waals surface area contributed by atoms with Crippen LogP contribution in [0.2, 0.25) is 5.02 Å². The molecular formula is C27H30ClN3O2S. The Kier molecular flexibility index (Phi) is 7.00. The van der Waals surface area contributed by atoms with Gasteiger partial charge in [0.15, 0.2) is 0 Å². The molecule has 7 heteroatoms. The Morgan fingerprint density at radius 1 is 1.03 bits per heavy atom. The van der Waals surface area contributed by atoms with E-state index in [-0.39, 0.29) is 11.8 Å². The molecule has 2 aromatic rings. The Morgan fingerprint density at radius 2 is 1.76 bits per heavy atom. The van der Waals surface area contributed by atoms with Crippen LogP contribution >= 0.6 is 23.4 Å². The molecule has 0 N–H and O–H groups in total. The van der Waals surface area contributed by atoms with Crippen LogP contribution in [0.3, 0.4) is 0 Å². The number of anilines is 1. The number of carbonyl (C=O) groups is 2. The average molecular weight is 496 g/mol. The first-order valence-corrected chi connectivity index (χ1v) is 13.3. The van der Waals surface area contributed by atoms with Crippen molar-refractivity contribution in [2.45, 2.75) is 43.0 Å². The van der Waals surface area contributed by atoms with Crippen molar-refractivity contribution in [3.05, 3.63) is 63.5 Å². The van der Waals surface area contributed by atoms with E-state index in [1.807, 2.05) is 53.4 Å². The Morgan fingerprint density at radius 3 is 2.50 bits per heavy atom. The lowest BCUT2D eigenvalue weighted by Crippen LogP contribution is -2.52. The van der Waals surface area contributed by atoms with Crippen LogP contribution < -0.4 is 4.90 Å². The maximum Gasteiger partial charge on any atom is 0.264 e. The molecule has 34 heavy (non-hydrogen) atoms. The number of likely N-dealkylation sites (N-methyl/N-ethyl adjacent to an activating group) is 1. The first-order chi connectivity index (χ1) is 16.5. The molecule has 0 aromatic heterocycles. The number of rotatable bonds is 3. The molecule has 0 unspecified atom stereocenters. The standard InChI is InChI=1S/C27H30ClN3O2S/c1-29-23-17-20(26(32)31-15-13-30(14-16-31)21-8-3-2-4-9-21)11-12-24(23)34-25(27(29)33)18-19-7-5-6-10-22(19)28/h5-7,10-12,17-18,21H,2-4,8-9,13-16H2,1H3. The first-order valence-electron chi connectivity index (χ1n) is 12.1. The molecule has 1 saturated heterocycles. The lowest BCUT2D eigenvalue weighted by molar-refractivity contribution is -0.114. The molecule has 2 heterocycles. The molecule has 178 valence electrons. The average Bonchev–Trinajstić information content (AvgIpc) is 2.88. The smallest absolute Gasteiger partial charge is 0.264 e. The summed E-state index contributed by atoms with van der Waals surface area (Å²) in [6.45, 7) is 3.43. The SMILES string of the molecule is CN1C(=O)C(=Cc2ccccc2Cl)Sc2ccc(C(=O)N3CCN(C4CCCCC4)CC3)cc21. The van der Waals surface area contributed by atoms with Gasteiger partial charge in [0.1, 0.15) is 0 Å². The van der Waals surface area contributed by atoms with Gasteiger partial charge in [0.25, 0.3) is 11.8 Å². The van der Waals surface area contributed by atoms with Crippen molar-refractivity contribution in [3.8, 4) is 0 Å². The van der Waals surface area contributed by atoms with Crippen molar-refractivity contribution in [1.82, 2.24) is 9.80 Å². The molecule has 3 aliphatic rings. The number of carbonyl (C=O) groups excluding carboxylic acids is 2. The summed E-state index contributed by atoms with van der Waals surface area (Å²) < 4.78 is 0. The minimum Gasteiger partial charge on any atom is -0.336 e. The van der Waals surface area contributed by atoms with Gasteiger partial charge in [-0.15, -0.1) is 0 Å². The number of nitrogens with zero attached hydrogens (tertiary/aromatic N) is 3. The fraction of sp³-hybridized carbons (Fsp3) is 0.407. The van der Waals surface area contributed by atoms with Crippen LogP contribution in [-0.4, -0.2) is 60.9 Å². The molecule has 0 bridgehead atoms. The molecule has 2 aliphatic heterocycles. The Labute approximate surface area is 210 Å². The van der Waals surface area contributed by atoms with Crippen molar-refractivity contribution in [2.24, 2.45) is 0 Å². The molecular weight excluding hydrogens is 466 g/mol. The van der Waals surface area contributed by atoms with E-state index < -0.39 is 0 Å². The number of amides is 2. The van der Waals surface area contributed by atoms with Gasteiger partial charge in [0.05, 0.1) is 10.6 Å². The number of halogens is 1. The molecule has 2 amide bonds.